The Balaban J connectivity index is 1.48. The molecule has 0 aliphatic carbocycles. The Hall–Kier alpha value is -1.36. The Kier molecular flexibility index (Phi) is 3.92. The Morgan fingerprint density at radius 3 is 2.48 bits per heavy atom. The standard InChI is InChI=1S/C17H18Cl2N4/c1-11-5-17(21-10-20-11)22-7-12-6-13(8-22)23(12)9-14-15(18)3-2-4-16(14)19/h2-5,10,12-13H,6-9H2,1H3. The van der Waals surface area contributed by atoms with Crippen molar-refractivity contribution in [3.05, 3.63) is 51.9 Å². The zero-order valence-electron chi connectivity index (χ0n) is 12.9. The van der Waals surface area contributed by atoms with E-state index in [1.807, 2.05) is 25.1 Å². The van der Waals surface area contributed by atoms with Crippen LogP contribution in [-0.4, -0.2) is 40.0 Å². The van der Waals surface area contributed by atoms with E-state index in [1.165, 1.54) is 6.42 Å². The van der Waals surface area contributed by atoms with Crippen molar-refractivity contribution in [3.63, 3.8) is 0 Å². The topological polar surface area (TPSA) is 32.3 Å². The van der Waals surface area contributed by atoms with Crippen LogP contribution >= 0.6 is 23.2 Å². The van der Waals surface area contributed by atoms with Crippen LogP contribution in [0.1, 0.15) is 17.7 Å². The summed E-state index contributed by atoms with van der Waals surface area (Å²) in [6.45, 7) is 4.82. The summed E-state index contributed by atoms with van der Waals surface area (Å²) in [5.74, 6) is 1.03. The summed E-state index contributed by atoms with van der Waals surface area (Å²) in [7, 11) is 0. The van der Waals surface area contributed by atoms with Gasteiger partial charge in [0, 0.05) is 59.1 Å². The van der Waals surface area contributed by atoms with Crippen LogP contribution in [0.15, 0.2) is 30.6 Å². The van der Waals surface area contributed by atoms with E-state index in [4.69, 9.17) is 23.2 Å². The van der Waals surface area contributed by atoms with E-state index >= 15 is 0 Å². The van der Waals surface area contributed by atoms with E-state index in [2.05, 4.69) is 25.8 Å². The molecule has 23 heavy (non-hydrogen) atoms. The Labute approximate surface area is 146 Å². The molecular formula is C17H18Cl2N4. The highest BCUT2D eigenvalue weighted by molar-refractivity contribution is 6.35. The van der Waals surface area contributed by atoms with Crippen molar-refractivity contribution in [1.82, 2.24) is 14.9 Å². The van der Waals surface area contributed by atoms with Crippen LogP contribution < -0.4 is 4.90 Å². The van der Waals surface area contributed by atoms with Gasteiger partial charge in [0.1, 0.15) is 12.1 Å². The number of rotatable bonds is 3. The number of aromatic nitrogens is 2. The highest BCUT2D eigenvalue weighted by atomic mass is 35.5. The molecule has 6 heteroatoms. The minimum Gasteiger partial charge on any atom is -0.353 e. The molecule has 2 unspecified atom stereocenters. The summed E-state index contributed by atoms with van der Waals surface area (Å²) in [4.78, 5) is 13.5. The molecule has 5 rings (SSSR count). The molecular weight excluding hydrogens is 331 g/mol. The van der Waals surface area contributed by atoms with Gasteiger partial charge >= 0.3 is 0 Å². The second-order valence-corrected chi connectivity index (χ2v) is 7.15. The molecule has 0 N–H and O–H groups in total. The van der Waals surface area contributed by atoms with E-state index in [9.17, 15) is 0 Å². The maximum Gasteiger partial charge on any atom is 0.132 e. The van der Waals surface area contributed by atoms with Crippen LogP contribution in [0.5, 0.6) is 0 Å². The van der Waals surface area contributed by atoms with Gasteiger partial charge in [-0.25, -0.2) is 9.97 Å². The third kappa shape index (κ3) is 2.80. The fourth-order valence-electron chi connectivity index (χ4n) is 3.61. The molecule has 4 heterocycles. The van der Waals surface area contributed by atoms with Crippen LogP contribution in [-0.2, 0) is 6.54 Å². The first kappa shape index (κ1) is 15.2. The van der Waals surface area contributed by atoms with Crippen LogP contribution in [0.4, 0.5) is 5.82 Å². The third-order valence-electron chi connectivity index (χ3n) is 4.86. The van der Waals surface area contributed by atoms with Gasteiger partial charge in [0.05, 0.1) is 0 Å². The summed E-state index contributed by atoms with van der Waals surface area (Å²) in [6, 6.07) is 8.85. The van der Waals surface area contributed by atoms with Crippen molar-refractivity contribution >= 4 is 29.0 Å². The summed E-state index contributed by atoms with van der Waals surface area (Å²) < 4.78 is 0. The monoisotopic (exact) mass is 348 g/mol. The molecule has 1 aromatic carbocycles. The molecule has 4 nitrogen and oxygen atoms in total. The van der Waals surface area contributed by atoms with E-state index in [0.29, 0.717) is 12.1 Å². The van der Waals surface area contributed by atoms with Crippen molar-refractivity contribution in [2.45, 2.75) is 32.0 Å². The lowest BCUT2D eigenvalue weighted by Gasteiger charge is -2.56. The number of anilines is 1. The van der Waals surface area contributed by atoms with E-state index in [0.717, 1.165) is 46.8 Å². The van der Waals surface area contributed by atoms with Gasteiger partial charge in [-0.15, -0.1) is 0 Å². The molecule has 3 aliphatic rings. The maximum atomic E-state index is 6.31. The first-order valence-corrected chi connectivity index (χ1v) is 8.59. The molecule has 3 fully saturated rings. The zero-order chi connectivity index (χ0) is 16.0. The molecule has 0 saturated carbocycles. The van der Waals surface area contributed by atoms with Gasteiger partial charge in [0.15, 0.2) is 0 Å². The number of benzene rings is 1. The summed E-state index contributed by atoms with van der Waals surface area (Å²) in [5.41, 5.74) is 2.05. The van der Waals surface area contributed by atoms with E-state index in [1.54, 1.807) is 6.33 Å². The summed E-state index contributed by atoms with van der Waals surface area (Å²) in [6.07, 6.45) is 2.88. The minimum absolute atomic E-state index is 0.538. The lowest BCUT2D eigenvalue weighted by molar-refractivity contribution is -0.00864. The van der Waals surface area contributed by atoms with Gasteiger partial charge in [-0.05, 0) is 25.5 Å². The van der Waals surface area contributed by atoms with E-state index < -0.39 is 0 Å². The van der Waals surface area contributed by atoms with Gasteiger partial charge < -0.3 is 4.90 Å². The van der Waals surface area contributed by atoms with Crippen molar-refractivity contribution < 1.29 is 0 Å². The Morgan fingerprint density at radius 1 is 1.13 bits per heavy atom. The Morgan fingerprint density at radius 2 is 1.83 bits per heavy atom. The van der Waals surface area contributed by atoms with Gasteiger partial charge in [0.25, 0.3) is 0 Å². The zero-order valence-corrected chi connectivity index (χ0v) is 14.4. The fourth-order valence-corrected chi connectivity index (χ4v) is 4.13. The van der Waals surface area contributed by atoms with Crippen LogP contribution in [0, 0.1) is 6.92 Å². The predicted octanol–water partition coefficient (Wildman–Crippen LogP) is 3.55. The largest absolute Gasteiger partial charge is 0.353 e. The first-order valence-electron chi connectivity index (χ1n) is 7.84. The quantitative estimate of drug-likeness (QED) is 0.848. The molecule has 1 aromatic heterocycles. The lowest BCUT2D eigenvalue weighted by Crippen LogP contribution is -2.68. The molecule has 2 bridgehead atoms. The minimum atomic E-state index is 0.538. The predicted molar refractivity (Wildman–Crippen MR) is 93.2 cm³/mol. The molecule has 3 aliphatic heterocycles. The molecule has 0 radical (unpaired) electrons. The normalized spacial score (nSPS) is 23.7. The van der Waals surface area contributed by atoms with Crippen molar-refractivity contribution in [1.29, 1.82) is 0 Å². The highest BCUT2D eigenvalue weighted by Gasteiger charge is 2.45. The maximum absolute atomic E-state index is 6.31. The van der Waals surface area contributed by atoms with Crippen molar-refractivity contribution in [2.75, 3.05) is 18.0 Å². The SMILES string of the molecule is Cc1cc(N2CC3CC(C2)N3Cc2c(Cl)cccc2Cl)ncn1. The summed E-state index contributed by atoms with van der Waals surface area (Å²) >= 11 is 12.6. The number of hydrogen-bond donors (Lipinski definition) is 0. The molecule has 0 spiro atoms. The highest BCUT2D eigenvalue weighted by Crippen LogP contribution is 2.37. The average molecular weight is 349 g/mol. The number of aryl methyl sites for hydroxylation is 1. The molecule has 120 valence electrons. The van der Waals surface area contributed by atoms with Gasteiger partial charge in [0.2, 0.25) is 0 Å². The number of halogens is 2. The van der Waals surface area contributed by atoms with Gasteiger partial charge in [-0.2, -0.15) is 0 Å². The molecule has 2 atom stereocenters. The smallest absolute Gasteiger partial charge is 0.132 e. The van der Waals surface area contributed by atoms with Gasteiger partial charge in [-0.1, -0.05) is 29.3 Å². The fraction of sp³-hybridized carbons (Fsp3) is 0.412. The van der Waals surface area contributed by atoms with Crippen LogP contribution in [0.2, 0.25) is 10.0 Å². The number of piperidine rings is 1. The second-order valence-electron chi connectivity index (χ2n) is 6.34. The number of fused-ring (bicyclic) bond motifs is 2. The van der Waals surface area contributed by atoms with Gasteiger partial charge in [-0.3, -0.25) is 4.90 Å². The second kappa shape index (κ2) is 5.93. The first-order chi connectivity index (χ1) is 11.1. The van der Waals surface area contributed by atoms with Crippen molar-refractivity contribution in [3.8, 4) is 0 Å². The number of hydrogen-bond acceptors (Lipinski definition) is 4. The third-order valence-corrected chi connectivity index (χ3v) is 5.57. The molecule has 3 saturated heterocycles. The van der Waals surface area contributed by atoms with E-state index in [-0.39, 0.29) is 0 Å². The average Bonchev–Trinajstić information content (AvgIpc) is 2.54. The van der Waals surface area contributed by atoms with Crippen LogP contribution in [0.25, 0.3) is 0 Å². The van der Waals surface area contributed by atoms with Crippen molar-refractivity contribution in [2.24, 2.45) is 0 Å². The number of piperazine rings is 1. The molecule has 2 aromatic rings. The summed E-state index contributed by atoms with van der Waals surface area (Å²) in [5, 5.41) is 1.51. The number of nitrogens with zero attached hydrogens (tertiary/aromatic N) is 4. The van der Waals surface area contributed by atoms with Crippen LogP contribution in [0.3, 0.4) is 0 Å². The lowest BCUT2D eigenvalue weighted by atomic mass is 9.86. The molecule has 0 amide bonds. The Bertz CT molecular complexity index is 704.